The largest absolute Gasteiger partial charge is 0.330 e. The Labute approximate surface area is 127 Å². The van der Waals surface area contributed by atoms with Crippen molar-refractivity contribution in [3.05, 3.63) is 0 Å². The number of rotatable bonds is 11. The molecule has 0 aromatic carbocycles. The fourth-order valence-corrected chi connectivity index (χ4v) is 3.49. The molecule has 0 saturated heterocycles. The van der Waals surface area contributed by atoms with Crippen molar-refractivity contribution >= 4 is 0 Å². The molecule has 1 saturated carbocycles. The van der Waals surface area contributed by atoms with Crippen LogP contribution in [0.2, 0.25) is 0 Å². The zero-order valence-corrected chi connectivity index (χ0v) is 13.9. The third-order valence-corrected chi connectivity index (χ3v) is 4.79. The monoisotopic (exact) mass is 282 g/mol. The average Bonchev–Trinajstić information content (AvgIpc) is 2.75. The molecule has 0 amide bonds. The molecule has 0 bridgehead atoms. The Hall–Kier alpha value is -0.0800. The minimum absolute atomic E-state index is 0.847. The van der Waals surface area contributed by atoms with Crippen LogP contribution in [-0.2, 0) is 0 Å². The SMILES string of the molecule is CCCCCCCCN(CCCN)C1CCCCCC1. The number of unbranched alkanes of at least 4 members (excludes halogenated alkanes) is 5. The lowest BCUT2D eigenvalue weighted by Crippen LogP contribution is -2.37. The summed E-state index contributed by atoms with van der Waals surface area (Å²) in [5.41, 5.74) is 5.72. The molecule has 20 heavy (non-hydrogen) atoms. The van der Waals surface area contributed by atoms with Gasteiger partial charge in [-0.1, -0.05) is 64.7 Å². The van der Waals surface area contributed by atoms with Crippen LogP contribution in [0.25, 0.3) is 0 Å². The van der Waals surface area contributed by atoms with Crippen LogP contribution in [0.3, 0.4) is 0 Å². The molecule has 0 aromatic heterocycles. The third kappa shape index (κ3) is 8.26. The Bertz CT molecular complexity index is 198. The maximum absolute atomic E-state index is 5.72. The first kappa shape index (κ1) is 18.0. The van der Waals surface area contributed by atoms with Gasteiger partial charge >= 0.3 is 0 Å². The van der Waals surface area contributed by atoms with Crippen LogP contribution in [0, 0.1) is 0 Å². The fourth-order valence-electron chi connectivity index (χ4n) is 3.49. The molecular formula is C18H38N2. The van der Waals surface area contributed by atoms with Gasteiger partial charge in [-0.05, 0) is 45.3 Å². The zero-order valence-electron chi connectivity index (χ0n) is 13.9. The first-order valence-corrected chi connectivity index (χ1v) is 9.32. The van der Waals surface area contributed by atoms with E-state index in [0.717, 1.165) is 12.6 Å². The van der Waals surface area contributed by atoms with Gasteiger partial charge in [-0.2, -0.15) is 0 Å². The van der Waals surface area contributed by atoms with Gasteiger partial charge in [0.05, 0.1) is 0 Å². The van der Waals surface area contributed by atoms with E-state index in [4.69, 9.17) is 5.73 Å². The van der Waals surface area contributed by atoms with Gasteiger partial charge in [-0.3, -0.25) is 0 Å². The number of nitrogens with zero attached hydrogens (tertiary/aromatic N) is 1. The lowest BCUT2D eigenvalue weighted by Gasteiger charge is -2.31. The smallest absolute Gasteiger partial charge is 0.00952 e. The van der Waals surface area contributed by atoms with Crippen molar-refractivity contribution in [2.45, 2.75) is 96.4 Å². The molecule has 120 valence electrons. The minimum Gasteiger partial charge on any atom is -0.330 e. The van der Waals surface area contributed by atoms with Gasteiger partial charge in [-0.15, -0.1) is 0 Å². The number of nitrogens with two attached hydrogens (primary N) is 1. The van der Waals surface area contributed by atoms with E-state index in [9.17, 15) is 0 Å². The Balaban J connectivity index is 2.23. The highest BCUT2D eigenvalue weighted by molar-refractivity contribution is 4.75. The average molecular weight is 283 g/mol. The topological polar surface area (TPSA) is 29.3 Å². The molecule has 0 heterocycles. The standard InChI is InChI=1S/C18H38N2/c1-2-3-4-5-8-11-16-20(17-12-15-19)18-13-9-6-7-10-14-18/h18H,2-17,19H2,1H3. The van der Waals surface area contributed by atoms with Gasteiger partial charge in [0.1, 0.15) is 0 Å². The molecule has 2 heteroatoms. The van der Waals surface area contributed by atoms with E-state index in [1.165, 1.54) is 96.6 Å². The van der Waals surface area contributed by atoms with E-state index in [1.54, 1.807) is 0 Å². The highest BCUT2D eigenvalue weighted by Gasteiger charge is 2.19. The van der Waals surface area contributed by atoms with Gasteiger partial charge < -0.3 is 10.6 Å². The molecule has 2 N–H and O–H groups in total. The van der Waals surface area contributed by atoms with Crippen molar-refractivity contribution in [3.8, 4) is 0 Å². The number of hydrogen-bond donors (Lipinski definition) is 1. The normalized spacial score (nSPS) is 17.6. The van der Waals surface area contributed by atoms with Crippen LogP contribution in [0.5, 0.6) is 0 Å². The Morgan fingerprint density at radius 3 is 2.05 bits per heavy atom. The van der Waals surface area contributed by atoms with Gasteiger partial charge in [0.15, 0.2) is 0 Å². The molecule has 1 fully saturated rings. The van der Waals surface area contributed by atoms with Crippen LogP contribution in [-0.4, -0.2) is 30.6 Å². The zero-order chi connectivity index (χ0) is 14.5. The second kappa shape index (κ2) is 12.6. The molecule has 0 radical (unpaired) electrons. The summed E-state index contributed by atoms with van der Waals surface area (Å²) in [6.07, 6.45) is 18.3. The van der Waals surface area contributed by atoms with E-state index in [1.807, 2.05) is 0 Å². The summed E-state index contributed by atoms with van der Waals surface area (Å²) in [5.74, 6) is 0. The second-order valence-electron chi connectivity index (χ2n) is 6.59. The van der Waals surface area contributed by atoms with E-state index < -0.39 is 0 Å². The summed E-state index contributed by atoms with van der Waals surface area (Å²) in [7, 11) is 0. The maximum atomic E-state index is 5.72. The van der Waals surface area contributed by atoms with Gasteiger partial charge in [-0.25, -0.2) is 0 Å². The fraction of sp³-hybridized carbons (Fsp3) is 1.00. The van der Waals surface area contributed by atoms with Crippen molar-refractivity contribution in [2.75, 3.05) is 19.6 Å². The van der Waals surface area contributed by atoms with Crippen molar-refractivity contribution in [2.24, 2.45) is 5.73 Å². The Morgan fingerprint density at radius 1 is 0.800 bits per heavy atom. The summed E-state index contributed by atoms with van der Waals surface area (Å²) in [4.78, 5) is 2.78. The van der Waals surface area contributed by atoms with Gasteiger partial charge in [0, 0.05) is 6.04 Å². The molecule has 0 atom stereocenters. The van der Waals surface area contributed by atoms with Crippen molar-refractivity contribution in [3.63, 3.8) is 0 Å². The molecule has 1 rings (SSSR count). The molecular weight excluding hydrogens is 244 g/mol. The van der Waals surface area contributed by atoms with Crippen LogP contribution in [0.4, 0.5) is 0 Å². The molecule has 1 aliphatic carbocycles. The molecule has 0 spiro atoms. The van der Waals surface area contributed by atoms with Crippen LogP contribution in [0.15, 0.2) is 0 Å². The first-order valence-electron chi connectivity index (χ1n) is 9.32. The van der Waals surface area contributed by atoms with Crippen LogP contribution >= 0.6 is 0 Å². The van der Waals surface area contributed by atoms with E-state index in [-0.39, 0.29) is 0 Å². The van der Waals surface area contributed by atoms with Gasteiger partial charge in [0.2, 0.25) is 0 Å². The number of hydrogen-bond acceptors (Lipinski definition) is 2. The van der Waals surface area contributed by atoms with E-state index in [2.05, 4.69) is 11.8 Å². The summed E-state index contributed by atoms with van der Waals surface area (Å²) >= 11 is 0. The van der Waals surface area contributed by atoms with Crippen molar-refractivity contribution < 1.29 is 0 Å². The Kier molecular flexibility index (Phi) is 11.4. The summed E-state index contributed by atoms with van der Waals surface area (Å²) in [6, 6.07) is 0.861. The summed E-state index contributed by atoms with van der Waals surface area (Å²) < 4.78 is 0. The van der Waals surface area contributed by atoms with E-state index in [0.29, 0.717) is 0 Å². The lowest BCUT2D eigenvalue weighted by atomic mass is 10.1. The van der Waals surface area contributed by atoms with Crippen molar-refractivity contribution in [1.82, 2.24) is 4.90 Å². The maximum Gasteiger partial charge on any atom is 0.00952 e. The summed E-state index contributed by atoms with van der Waals surface area (Å²) in [6.45, 7) is 5.69. The molecule has 0 unspecified atom stereocenters. The minimum atomic E-state index is 0.847. The molecule has 0 aliphatic heterocycles. The molecule has 1 aliphatic rings. The third-order valence-electron chi connectivity index (χ3n) is 4.79. The summed E-state index contributed by atoms with van der Waals surface area (Å²) in [5, 5.41) is 0. The molecule has 0 aromatic rings. The highest BCUT2D eigenvalue weighted by Crippen LogP contribution is 2.22. The quantitative estimate of drug-likeness (QED) is 0.439. The van der Waals surface area contributed by atoms with Crippen LogP contribution in [0.1, 0.15) is 90.4 Å². The van der Waals surface area contributed by atoms with E-state index >= 15 is 0 Å². The van der Waals surface area contributed by atoms with Gasteiger partial charge in [0.25, 0.3) is 0 Å². The van der Waals surface area contributed by atoms with Crippen LogP contribution < -0.4 is 5.73 Å². The van der Waals surface area contributed by atoms with Crippen molar-refractivity contribution in [1.29, 1.82) is 0 Å². The lowest BCUT2D eigenvalue weighted by molar-refractivity contribution is 0.174. The highest BCUT2D eigenvalue weighted by atomic mass is 15.1. The second-order valence-corrected chi connectivity index (χ2v) is 6.59. The predicted octanol–water partition coefficient (Wildman–Crippen LogP) is 4.72. The first-order chi connectivity index (χ1) is 9.88. The molecule has 2 nitrogen and oxygen atoms in total. The Morgan fingerprint density at radius 2 is 1.40 bits per heavy atom. The predicted molar refractivity (Wildman–Crippen MR) is 90.1 cm³/mol.